The van der Waals surface area contributed by atoms with Crippen molar-refractivity contribution in [3.63, 3.8) is 0 Å². The number of fused-ring (bicyclic) bond motifs is 1. The Labute approximate surface area is 287 Å². The molecule has 13 heteroatoms. The zero-order chi connectivity index (χ0) is 35.6. The lowest BCUT2D eigenvalue weighted by Crippen LogP contribution is -2.48. The molecule has 0 radical (unpaired) electrons. The van der Waals surface area contributed by atoms with Crippen LogP contribution in [-0.4, -0.2) is 61.7 Å². The first-order chi connectivity index (χ1) is 23.4. The van der Waals surface area contributed by atoms with Gasteiger partial charge in [-0.1, -0.05) is 68.5 Å². The van der Waals surface area contributed by atoms with Crippen LogP contribution >= 0.6 is 0 Å². The minimum Gasteiger partial charge on any atom is -0.460 e. The maximum Gasteiger partial charge on any atom is 0.333 e. The molecule has 0 saturated heterocycles. The number of hydrogen-bond acceptors (Lipinski definition) is 8. The highest BCUT2D eigenvalue weighted by atomic mass is 32.2. The largest absolute Gasteiger partial charge is 0.460 e. The maximum absolute atomic E-state index is 14.0. The van der Waals surface area contributed by atoms with Crippen molar-refractivity contribution in [2.24, 2.45) is 0 Å². The van der Waals surface area contributed by atoms with Crippen molar-refractivity contribution in [2.75, 3.05) is 19.8 Å². The van der Waals surface area contributed by atoms with Crippen LogP contribution in [0.3, 0.4) is 0 Å². The molecule has 11 nitrogen and oxygen atoms in total. The number of carbonyl (C=O) groups excluding carboxylic acids is 1. The lowest BCUT2D eigenvalue weighted by Gasteiger charge is -2.28. The molecule has 3 aromatic carbocycles. The van der Waals surface area contributed by atoms with Gasteiger partial charge in [-0.25, -0.2) is 13.2 Å². The molecule has 1 heterocycles. The van der Waals surface area contributed by atoms with E-state index in [0.717, 1.165) is 14.9 Å². The van der Waals surface area contributed by atoms with Crippen LogP contribution in [0, 0.1) is 12.3 Å². The molecule has 1 atom stereocenters. The van der Waals surface area contributed by atoms with Gasteiger partial charge in [0.05, 0.1) is 22.3 Å². The minimum absolute atomic E-state index is 0.0868. The third-order valence-corrected chi connectivity index (χ3v) is 11.2. The second-order valence-electron chi connectivity index (χ2n) is 12.4. The average molecular weight is 704 g/mol. The molecule has 49 heavy (non-hydrogen) atoms. The van der Waals surface area contributed by atoms with E-state index in [1.165, 1.54) is 34.9 Å². The number of hydrogen-bond donors (Lipinski definition) is 0. The summed E-state index contributed by atoms with van der Waals surface area (Å²) in [4.78, 5) is 40.7. The fourth-order valence-electron chi connectivity index (χ4n) is 4.99. The van der Waals surface area contributed by atoms with Crippen molar-refractivity contribution in [3.05, 3.63) is 112 Å². The molecule has 0 amide bonds. The molecule has 0 fully saturated rings. The highest BCUT2D eigenvalue weighted by Crippen LogP contribution is 2.26. The molecule has 4 rings (SSSR count). The predicted molar refractivity (Wildman–Crippen MR) is 192 cm³/mol. The summed E-state index contributed by atoms with van der Waals surface area (Å²) in [7, 11) is -5.79. The number of sulfonamides is 1. The Balaban J connectivity index is 1.67. The minimum atomic E-state index is -4.40. The molecular weight excluding hydrogens is 663 g/mol. The summed E-state index contributed by atoms with van der Waals surface area (Å²) < 4.78 is 48.2. The number of para-hydroxylation sites is 2. The first kappa shape index (κ1) is 37.1. The van der Waals surface area contributed by atoms with E-state index >= 15 is 0 Å². The van der Waals surface area contributed by atoms with Crippen LogP contribution in [0.15, 0.2) is 106 Å². The third-order valence-electron chi connectivity index (χ3n) is 7.59. The summed E-state index contributed by atoms with van der Waals surface area (Å²) in [6, 6.07) is 20.7. The van der Waals surface area contributed by atoms with Gasteiger partial charge in [-0.2, -0.15) is 4.31 Å². The Morgan fingerprint density at radius 3 is 2.29 bits per heavy atom. The van der Waals surface area contributed by atoms with E-state index < -0.39 is 47.9 Å². The average Bonchev–Trinajstić information content (AvgIpc) is 3.08. The van der Waals surface area contributed by atoms with Crippen molar-refractivity contribution in [2.45, 2.75) is 56.3 Å². The van der Waals surface area contributed by atoms with Crippen molar-refractivity contribution in [3.8, 4) is 23.8 Å². The number of benzene rings is 3. The van der Waals surface area contributed by atoms with Gasteiger partial charge in [0.15, 0.2) is 0 Å². The predicted octanol–water partition coefficient (Wildman–Crippen LogP) is 5.08. The van der Waals surface area contributed by atoms with Crippen LogP contribution < -0.4 is 16.0 Å². The van der Waals surface area contributed by atoms with Crippen molar-refractivity contribution >= 4 is 35.0 Å². The van der Waals surface area contributed by atoms with Gasteiger partial charge in [0.25, 0.3) is 5.56 Å². The molecular formula is C36H41N3O8SSi. The van der Waals surface area contributed by atoms with Gasteiger partial charge in [-0.05, 0) is 61.0 Å². The lowest BCUT2D eigenvalue weighted by atomic mass is 10.2. The monoisotopic (exact) mass is 703 g/mol. The standard InChI is InChI=1S/C36H41N3O8SSi/c1-6-22-39(48(43,44)30-19-17-29(18-20-30)47-28-13-9-8-10-14-28)33(35(41)46-24-7-2)21-23-37-34(40)31-15-11-12-16-32(31)38(36(37)42)27-45-25-26-49(3,4)5/h1,7-20,33H,2,21-27H2,3-5H3. The van der Waals surface area contributed by atoms with Crippen LogP contribution in [0.1, 0.15) is 6.42 Å². The summed E-state index contributed by atoms with van der Waals surface area (Å²) in [6.45, 7) is 9.57. The van der Waals surface area contributed by atoms with Crippen molar-refractivity contribution in [1.82, 2.24) is 13.4 Å². The number of nitrogens with zero attached hydrogens (tertiary/aromatic N) is 3. The Kier molecular flexibility index (Phi) is 12.5. The molecule has 258 valence electrons. The second kappa shape index (κ2) is 16.6. The van der Waals surface area contributed by atoms with Crippen molar-refractivity contribution in [1.29, 1.82) is 0 Å². The number of ether oxygens (including phenoxy) is 3. The highest BCUT2D eigenvalue weighted by molar-refractivity contribution is 7.89. The van der Waals surface area contributed by atoms with Gasteiger partial charge in [0.1, 0.15) is 30.9 Å². The van der Waals surface area contributed by atoms with E-state index in [1.54, 1.807) is 36.4 Å². The quantitative estimate of drug-likeness (QED) is 0.0490. The van der Waals surface area contributed by atoms with Crippen molar-refractivity contribution < 1.29 is 27.4 Å². The maximum atomic E-state index is 14.0. The summed E-state index contributed by atoms with van der Waals surface area (Å²) >= 11 is 0. The molecule has 0 spiro atoms. The van der Waals surface area contributed by atoms with Crippen LogP contribution in [0.25, 0.3) is 10.9 Å². The zero-order valence-electron chi connectivity index (χ0n) is 27.9. The van der Waals surface area contributed by atoms with Gasteiger partial charge in [0.2, 0.25) is 10.0 Å². The Hall–Kier alpha value is -4.74. The summed E-state index contributed by atoms with van der Waals surface area (Å²) in [5.74, 6) is 2.37. The summed E-state index contributed by atoms with van der Waals surface area (Å²) in [5, 5.41) is 0.271. The number of esters is 1. The molecule has 4 aromatic rings. The van der Waals surface area contributed by atoms with Crippen LogP contribution in [0.5, 0.6) is 11.5 Å². The van der Waals surface area contributed by atoms with Gasteiger partial charge in [0, 0.05) is 21.2 Å². The molecule has 1 aromatic heterocycles. The molecule has 0 N–H and O–H groups in total. The van der Waals surface area contributed by atoms with Gasteiger partial charge < -0.3 is 14.2 Å². The lowest BCUT2D eigenvalue weighted by molar-refractivity contribution is -0.147. The fourth-order valence-corrected chi connectivity index (χ4v) is 7.27. The van der Waals surface area contributed by atoms with Gasteiger partial charge >= 0.3 is 11.7 Å². The van der Waals surface area contributed by atoms with E-state index in [4.69, 9.17) is 20.6 Å². The third kappa shape index (κ3) is 9.45. The van der Waals surface area contributed by atoms with E-state index in [9.17, 15) is 22.8 Å². The van der Waals surface area contributed by atoms with Crippen LogP contribution in [0.4, 0.5) is 0 Å². The van der Waals surface area contributed by atoms with E-state index in [-0.39, 0.29) is 36.6 Å². The Bertz CT molecular complexity index is 2030. The SMILES string of the molecule is C#CCN(C(CCn1c(=O)c2ccccc2n(COCC[Si](C)(C)C)c1=O)C(=O)OCC=C)S(=O)(=O)c1ccc(Oc2ccccc2)cc1. The number of carbonyl (C=O) groups is 1. The molecule has 0 aliphatic rings. The summed E-state index contributed by atoms with van der Waals surface area (Å²) in [6.07, 6.45) is 6.66. The normalized spacial score (nSPS) is 12.4. The molecule has 0 saturated carbocycles. The second-order valence-corrected chi connectivity index (χ2v) is 19.9. The Morgan fingerprint density at radius 2 is 1.63 bits per heavy atom. The first-order valence-electron chi connectivity index (χ1n) is 15.7. The highest BCUT2D eigenvalue weighted by Gasteiger charge is 2.37. The number of rotatable bonds is 17. The molecule has 1 unspecified atom stereocenters. The zero-order valence-corrected chi connectivity index (χ0v) is 29.7. The Morgan fingerprint density at radius 1 is 0.980 bits per heavy atom. The topological polar surface area (TPSA) is 126 Å². The number of aromatic nitrogens is 2. The summed E-state index contributed by atoms with van der Waals surface area (Å²) in [5.41, 5.74) is -0.840. The molecule has 0 aliphatic carbocycles. The van der Waals surface area contributed by atoms with Crippen LogP contribution in [-0.2, 0) is 37.6 Å². The molecule has 0 aliphatic heterocycles. The van der Waals surface area contributed by atoms with E-state index in [0.29, 0.717) is 23.6 Å². The molecule has 0 bridgehead atoms. The van der Waals surface area contributed by atoms with Gasteiger partial charge in [-0.15, -0.1) is 6.42 Å². The van der Waals surface area contributed by atoms with E-state index in [1.807, 2.05) is 18.2 Å². The number of terminal acetylenes is 1. The first-order valence-corrected chi connectivity index (χ1v) is 20.9. The van der Waals surface area contributed by atoms with E-state index in [2.05, 4.69) is 32.1 Å². The van der Waals surface area contributed by atoms with Crippen LogP contribution in [0.2, 0.25) is 25.7 Å². The fraction of sp³-hybridized carbons (Fsp3) is 0.306. The van der Waals surface area contributed by atoms with Gasteiger partial charge in [-0.3, -0.25) is 18.7 Å². The smallest absolute Gasteiger partial charge is 0.333 e.